The summed E-state index contributed by atoms with van der Waals surface area (Å²) in [5.74, 6) is 1.30. The Morgan fingerprint density at radius 2 is 1.89 bits per heavy atom. The number of nitrogens with one attached hydrogen (secondary N) is 2. The lowest BCUT2D eigenvalue weighted by Gasteiger charge is -2.27. The van der Waals surface area contributed by atoms with Crippen LogP contribution in [0.25, 0.3) is 11.0 Å². The van der Waals surface area contributed by atoms with Gasteiger partial charge in [-0.1, -0.05) is 24.3 Å². The van der Waals surface area contributed by atoms with Crippen molar-refractivity contribution in [1.82, 2.24) is 15.3 Å². The van der Waals surface area contributed by atoms with E-state index in [1.165, 1.54) is 0 Å². The number of H-pyrrole nitrogens is 1. The van der Waals surface area contributed by atoms with Crippen molar-refractivity contribution in [3.05, 3.63) is 54.4 Å². The molecule has 0 radical (unpaired) electrons. The highest BCUT2D eigenvalue weighted by molar-refractivity contribution is 5.84. The summed E-state index contributed by atoms with van der Waals surface area (Å²) in [6.07, 6.45) is 0.487. The maximum atomic E-state index is 12.5. The number of carbonyl (C=O) groups excluding carboxylic acids is 2. The van der Waals surface area contributed by atoms with E-state index in [0.717, 1.165) is 17.8 Å². The molecule has 1 amide bonds. The summed E-state index contributed by atoms with van der Waals surface area (Å²) in [4.78, 5) is 31.5. The fraction of sp³-hybridized carbons (Fsp3) is 0.250. The molecule has 3 aromatic rings. The Kier molecular flexibility index (Phi) is 4.94. The molecular formula is C20H20N4O4. The molecule has 2 atom stereocenters. The standard InChI is InChI=1S/C20H20N4O4/c21-20(26)28-16-8-4-7-14-17(16)24-18(23-14)12-9-10-22-15(11-12)19(25)27-13-5-2-1-3-6-13/h1-8,12,15,22H,9-11H2,(H2,21,26)(H,23,24). The summed E-state index contributed by atoms with van der Waals surface area (Å²) in [5.41, 5.74) is 6.41. The van der Waals surface area contributed by atoms with E-state index in [1.807, 2.05) is 24.3 Å². The average Bonchev–Trinajstić information content (AvgIpc) is 3.14. The van der Waals surface area contributed by atoms with Crippen LogP contribution in [0.15, 0.2) is 48.5 Å². The Bertz CT molecular complexity index is 1000. The van der Waals surface area contributed by atoms with Crippen molar-refractivity contribution in [3.8, 4) is 11.5 Å². The van der Waals surface area contributed by atoms with Gasteiger partial charge in [-0.15, -0.1) is 0 Å². The molecule has 1 fully saturated rings. The lowest BCUT2D eigenvalue weighted by atomic mass is 9.92. The second-order valence-corrected chi connectivity index (χ2v) is 6.66. The number of aromatic amines is 1. The van der Waals surface area contributed by atoms with Crippen LogP contribution >= 0.6 is 0 Å². The number of ether oxygens (including phenoxy) is 2. The predicted molar refractivity (Wildman–Crippen MR) is 102 cm³/mol. The van der Waals surface area contributed by atoms with Crippen molar-refractivity contribution in [1.29, 1.82) is 0 Å². The van der Waals surface area contributed by atoms with E-state index >= 15 is 0 Å². The zero-order valence-electron chi connectivity index (χ0n) is 15.1. The maximum absolute atomic E-state index is 12.5. The van der Waals surface area contributed by atoms with Gasteiger partial charge in [-0.2, -0.15) is 0 Å². The molecule has 1 aliphatic heterocycles. The van der Waals surface area contributed by atoms with Crippen LogP contribution in [0.3, 0.4) is 0 Å². The van der Waals surface area contributed by atoms with Crippen LogP contribution in [-0.4, -0.2) is 34.6 Å². The van der Waals surface area contributed by atoms with Crippen molar-refractivity contribution < 1.29 is 19.1 Å². The molecule has 0 aliphatic carbocycles. The summed E-state index contributed by atoms with van der Waals surface area (Å²) >= 11 is 0. The Morgan fingerprint density at radius 1 is 1.07 bits per heavy atom. The summed E-state index contributed by atoms with van der Waals surface area (Å²) in [6, 6.07) is 13.8. The van der Waals surface area contributed by atoms with Gasteiger partial charge in [0.1, 0.15) is 23.1 Å². The number of nitrogens with two attached hydrogens (primary N) is 1. The molecule has 2 aromatic carbocycles. The summed E-state index contributed by atoms with van der Waals surface area (Å²) < 4.78 is 10.5. The summed E-state index contributed by atoms with van der Waals surface area (Å²) in [6.45, 7) is 0.668. The highest BCUT2D eigenvalue weighted by atomic mass is 16.5. The molecule has 144 valence electrons. The molecule has 4 N–H and O–H groups in total. The normalized spacial score (nSPS) is 19.3. The van der Waals surface area contributed by atoms with Crippen LogP contribution in [0.5, 0.6) is 11.5 Å². The van der Waals surface area contributed by atoms with Gasteiger partial charge < -0.3 is 25.5 Å². The SMILES string of the molecule is NC(=O)Oc1cccc2[nH]c(C3CCNC(C(=O)Oc4ccccc4)C3)nc12. The van der Waals surface area contributed by atoms with Gasteiger partial charge in [0.15, 0.2) is 5.75 Å². The predicted octanol–water partition coefficient (Wildman–Crippen LogP) is 2.46. The first-order valence-electron chi connectivity index (χ1n) is 9.06. The zero-order valence-corrected chi connectivity index (χ0v) is 15.1. The number of piperidine rings is 1. The minimum Gasteiger partial charge on any atom is -0.425 e. The first kappa shape index (κ1) is 18.0. The minimum absolute atomic E-state index is 0.0448. The van der Waals surface area contributed by atoms with E-state index in [1.54, 1.807) is 24.3 Å². The number of hydrogen-bond donors (Lipinski definition) is 3. The number of fused-ring (bicyclic) bond motifs is 1. The number of rotatable bonds is 4. The van der Waals surface area contributed by atoms with Gasteiger partial charge in [0.25, 0.3) is 0 Å². The number of primary amides is 1. The third-order valence-electron chi connectivity index (χ3n) is 4.74. The number of carbonyl (C=O) groups is 2. The van der Waals surface area contributed by atoms with E-state index in [9.17, 15) is 9.59 Å². The van der Waals surface area contributed by atoms with E-state index in [0.29, 0.717) is 30.0 Å². The monoisotopic (exact) mass is 380 g/mol. The van der Waals surface area contributed by atoms with Crippen molar-refractivity contribution in [2.45, 2.75) is 24.8 Å². The van der Waals surface area contributed by atoms with Gasteiger partial charge in [0.05, 0.1) is 5.52 Å². The molecule has 2 unspecified atom stereocenters. The van der Waals surface area contributed by atoms with Gasteiger partial charge in [-0.25, -0.2) is 14.6 Å². The Hall–Kier alpha value is -3.39. The van der Waals surface area contributed by atoms with E-state index in [4.69, 9.17) is 15.2 Å². The molecule has 0 spiro atoms. The number of nitrogens with zero attached hydrogens (tertiary/aromatic N) is 1. The number of imidazole rings is 1. The lowest BCUT2D eigenvalue weighted by Crippen LogP contribution is -2.45. The Labute approximate surface area is 161 Å². The molecule has 2 heterocycles. The lowest BCUT2D eigenvalue weighted by molar-refractivity contribution is -0.137. The second-order valence-electron chi connectivity index (χ2n) is 6.66. The van der Waals surface area contributed by atoms with Crippen LogP contribution in [-0.2, 0) is 4.79 Å². The van der Waals surface area contributed by atoms with Crippen LogP contribution in [0.4, 0.5) is 4.79 Å². The average molecular weight is 380 g/mol. The van der Waals surface area contributed by atoms with Crippen molar-refractivity contribution in [3.63, 3.8) is 0 Å². The van der Waals surface area contributed by atoms with Crippen LogP contribution in [0.1, 0.15) is 24.6 Å². The van der Waals surface area contributed by atoms with Gasteiger partial charge in [-0.05, 0) is 43.7 Å². The summed E-state index contributed by atoms with van der Waals surface area (Å²) in [5, 5.41) is 3.21. The third-order valence-corrected chi connectivity index (χ3v) is 4.74. The second kappa shape index (κ2) is 7.69. The highest BCUT2D eigenvalue weighted by Gasteiger charge is 2.31. The highest BCUT2D eigenvalue weighted by Crippen LogP contribution is 2.31. The molecule has 0 saturated carbocycles. The quantitative estimate of drug-likeness (QED) is 0.472. The molecule has 1 saturated heterocycles. The first-order valence-corrected chi connectivity index (χ1v) is 9.06. The van der Waals surface area contributed by atoms with Gasteiger partial charge >= 0.3 is 12.1 Å². The minimum atomic E-state index is -0.886. The van der Waals surface area contributed by atoms with Crippen molar-refractivity contribution in [2.24, 2.45) is 5.73 Å². The van der Waals surface area contributed by atoms with Crippen LogP contribution < -0.4 is 20.5 Å². The fourth-order valence-electron chi connectivity index (χ4n) is 3.43. The molecule has 4 rings (SSSR count). The van der Waals surface area contributed by atoms with Crippen LogP contribution in [0, 0.1) is 0 Å². The number of para-hydroxylation sites is 2. The zero-order chi connectivity index (χ0) is 19.5. The van der Waals surface area contributed by atoms with E-state index in [2.05, 4.69) is 15.3 Å². The topological polar surface area (TPSA) is 119 Å². The van der Waals surface area contributed by atoms with Gasteiger partial charge in [0, 0.05) is 5.92 Å². The molecule has 28 heavy (non-hydrogen) atoms. The Morgan fingerprint density at radius 3 is 2.68 bits per heavy atom. The third kappa shape index (κ3) is 3.81. The number of esters is 1. The Balaban J connectivity index is 1.51. The fourth-order valence-corrected chi connectivity index (χ4v) is 3.43. The van der Waals surface area contributed by atoms with E-state index < -0.39 is 12.1 Å². The van der Waals surface area contributed by atoms with Gasteiger partial charge in [-0.3, -0.25) is 0 Å². The van der Waals surface area contributed by atoms with Crippen molar-refractivity contribution >= 4 is 23.1 Å². The number of aromatic nitrogens is 2. The molecule has 1 aromatic heterocycles. The van der Waals surface area contributed by atoms with Crippen molar-refractivity contribution in [2.75, 3.05) is 6.54 Å². The molecule has 8 nitrogen and oxygen atoms in total. The smallest absolute Gasteiger partial charge is 0.410 e. The number of amides is 1. The first-order chi connectivity index (χ1) is 13.6. The molecule has 0 bridgehead atoms. The maximum Gasteiger partial charge on any atom is 0.410 e. The molecular weight excluding hydrogens is 360 g/mol. The van der Waals surface area contributed by atoms with Gasteiger partial charge in [0.2, 0.25) is 0 Å². The van der Waals surface area contributed by atoms with Crippen LogP contribution in [0.2, 0.25) is 0 Å². The molecule has 1 aliphatic rings. The summed E-state index contributed by atoms with van der Waals surface area (Å²) in [7, 11) is 0. The van der Waals surface area contributed by atoms with E-state index in [-0.39, 0.29) is 11.9 Å². The largest absolute Gasteiger partial charge is 0.425 e. The number of hydrogen-bond acceptors (Lipinski definition) is 6. The molecule has 8 heteroatoms. The number of benzene rings is 2.